The summed E-state index contributed by atoms with van der Waals surface area (Å²) in [5, 5.41) is 8.07. The summed E-state index contributed by atoms with van der Waals surface area (Å²) < 4.78 is 26.1. The molecule has 0 fully saturated rings. The van der Waals surface area contributed by atoms with Gasteiger partial charge in [0, 0.05) is 0 Å². The summed E-state index contributed by atoms with van der Waals surface area (Å²) in [5.74, 6) is 0. The lowest BCUT2D eigenvalue weighted by molar-refractivity contribution is 0.459. The molecule has 4 nitrogen and oxygen atoms in total. The van der Waals surface area contributed by atoms with E-state index in [0.29, 0.717) is 0 Å². The molecule has 0 aliphatic heterocycles. The Morgan fingerprint density at radius 3 is 2.31 bits per heavy atom. The zero-order chi connectivity index (χ0) is 9.90. The van der Waals surface area contributed by atoms with Crippen LogP contribution in [0.2, 0.25) is 0 Å². The molecule has 5 heteroatoms. The van der Waals surface area contributed by atoms with Crippen LogP contribution in [0.25, 0.3) is 0 Å². The van der Waals surface area contributed by atoms with Gasteiger partial charge < -0.3 is 0 Å². The van der Waals surface area contributed by atoms with Crippen molar-refractivity contribution in [2.75, 3.05) is 0 Å². The molecule has 0 N–H and O–H groups in total. The molecule has 1 rings (SSSR count). The molecule has 0 radical (unpaired) electrons. The van der Waals surface area contributed by atoms with Gasteiger partial charge in [0.2, 0.25) is 0 Å². The van der Waals surface area contributed by atoms with E-state index in [0.717, 1.165) is 11.8 Å². The van der Waals surface area contributed by atoms with Crippen LogP contribution in [-0.4, -0.2) is 8.42 Å². The van der Waals surface area contributed by atoms with Crippen molar-refractivity contribution in [3.8, 4) is 6.26 Å². The first-order chi connectivity index (χ1) is 6.06. The molecule has 0 saturated heterocycles. The number of hydrogen-bond acceptors (Lipinski definition) is 4. The Labute approximate surface area is 76.5 Å². The van der Waals surface area contributed by atoms with E-state index in [1.54, 1.807) is 12.1 Å². The topological polar surface area (TPSA) is 67.2 Å². The van der Waals surface area contributed by atoms with Gasteiger partial charge in [-0.1, -0.05) is 17.7 Å². The maximum Gasteiger partial charge on any atom is 0.348 e. The highest BCUT2D eigenvalue weighted by Gasteiger charge is 2.14. The number of benzene rings is 1. The van der Waals surface area contributed by atoms with E-state index < -0.39 is 10.1 Å². The Hall–Kier alpha value is -1.54. The molecule has 0 atom stereocenters. The predicted octanol–water partition coefficient (Wildman–Crippen LogP) is 1.18. The molecule has 0 amide bonds. The van der Waals surface area contributed by atoms with Crippen molar-refractivity contribution in [1.29, 1.82) is 5.26 Å². The lowest BCUT2D eigenvalue weighted by atomic mass is 10.2. The maximum atomic E-state index is 11.1. The van der Waals surface area contributed by atoms with Gasteiger partial charge in [-0.3, -0.25) is 4.18 Å². The van der Waals surface area contributed by atoms with Crippen molar-refractivity contribution in [2.45, 2.75) is 11.8 Å². The maximum absolute atomic E-state index is 11.1. The first-order valence-corrected chi connectivity index (χ1v) is 4.86. The third kappa shape index (κ3) is 2.20. The molecular weight excluding hydrogens is 190 g/mol. The van der Waals surface area contributed by atoms with Gasteiger partial charge in [0.05, 0.1) is 0 Å². The second-order valence-corrected chi connectivity index (χ2v) is 3.99. The van der Waals surface area contributed by atoms with Crippen LogP contribution in [0.5, 0.6) is 0 Å². The molecule has 68 valence electrons. The average molecular weight is 197 g/mol. The summed E-state index contributed by atoms with van der Waals surface area (Å²) in [4.78, 5) is -0.0142. The van der Waals surface area contributed by atoms with Gasteiger partial charge in [-0.2, -0.15) is 8.42 Å². The standard InChI is InChI=1S/C8H7NO3S/c1-7-2-4-8(5-3-7)13(10,11)12-6-9/h2-5H,1H3. The molecule has 1 aromatic rings. The molecule has 0 aliphatic rings. The SMILES string of the molecule is Cc1ccc(S(=O)(=O)OC#N)cc1. The molecule has 1 aromatic carbocycles. The lowest BCUT2D eigenvalue weighted by Crippen LogP contribution is -2.01. The molecule has 0 heterocycles. The fourth-order valence-electron chi connectivity index (χ4n) is 0.802. The fourth-order valence-corrected chi connectivity index (χ4v) is 1.47. The molecule has 0 spiro atoms. The van der Waals surface area contributed by atoms with E-state index in [4.69, 9.17) is 5.26 Å². The zero-order valence-corrected chi connectivity index (χ0v) is 7.71. The van der Waals surface area contributed by atoms with Gasteiger partial charge in [0.1, 0.15) is 4.90 Å². The summed E-state index contributed by atoms with van der Waals surface area (Å²) in [6, 6.07) is 6.05. The molecule has 13 heavy (non-hydrogen) atoms. The highest BCUT2D eigenvalue weighted by molar-refractivity contribution is 7.86. The second-order valence-electron chi connectivity index (χ2n) is 2.44. The summed E-state index contributed by atoms with van der Waals surface area (Å²) >= 11 is 0. The van der Waals surface area contributed by atoms with Gasteiger partial charge in [-0.25, -0.2) is 0 Å². The minimum Gasteiger partial charge on any atom is -0.299 e. The molecule has 0 unspecified atom stereocenters. The monoisotopic (exact) mass is 197 g/mol. The van der Waals surface area contributed by atoms with Crippen LogP contribution >= 0.6 is 0 Å². The van der Waals surface area contributed by atoms with Gasteiger partial charge >= 0.3 is 16.4 Å². The molecule has 0 aliphatic carbocycles. The largest absolute Gasteiger partial charge is 0.348 e. The van der Waals surface area contributed by atoms with Crippen LogP contribution in [-0.2, 0) is 14.3 Å². The van der Waals surface area contributed by atoms with Crippen molar-refractivity contribution in [3.63, 3.8) is 0 Å². The molecular formula is C8H7NO3S. The van der Waals surface area contributed by atoms with Crippen molar-refractivity contribution >= 4 is 10.1 Å². The number of nitrogens with zero attached hydrogens (tertiary/aromatic N) is 1. The number of nitriles is 1. The van der Waals surface area contributed by atoms with Gasteiger partial charge in [0.15, 0.2) is 0 Å². The first-order valence-electron chi connectivity index (χ1n) is 3.45. The van der Waals surface area contributed by atoms with Gasteiger partial charge in [-0.15, -0.1) is 5.26 Å². The van der Waals surface area contributed by atoms with Crippen LogP contribution in [0.3, 0.4) is 0 Å². The van der Waals surface area contributed by atoms with Crippen LogP contribution in [0, 0.1) is 18.4 Å². The summed E-state index contributed by atoms with van der Waals surface area (Å²) in [6.45, 7) is 1.83. The average Bonchev–Trinajstić information content (AvgIpc) is 2.05. The summed E-state index contributed by atoms with van der Waals surface area (Å²) in [6.07, 6.45) is 1.13. The third-order valence-corrected chi connectivity index (χ3v) is 2.60. The predicted molar refractivity (Wildman–Crippen MR) is 45.1 cm³/mol. The minimum absolute atomic E-state index is 0.0142. The van der Waals surface area contributed by atoms with Gasteiger partial charge in [0.25, 0.3) is 0 Å². The number of hydrogen-bond donors (Lipinski definition) is 0. The van der Waals surface area contributed by atoms with Crippen LogP contribution in [0.4, 0.5) is 0 Å². The van der Waals surface area contributed by atoms with Gasteiger partial charge in [-0.05, 0) is 19.1 Å². The smallest absolute Gasteiger partial charge is 0.299 e. The van der Waals surface area contributed by atoms with Crippen molar-refractivity contribution in [1.82, 2.24) is 0 Å². The Morgan fingerprint density at radius 2 is 1.85 bits per heavy atom. The van der Waals surface area contributed by atoms with Crippen molar-refractivity contribution < 1.29 is 12.6 Å². The molecule has 0 bridgehead atoms. The molecule has 0 saturated carbocycles. The Kier molecular flexibility index (Phi) is 2.54. The lowest BCUT2D eigenvalue weighted by Gasteiger charge is -1.98. The van der Waals surface area contributed by atoms with Crippen molar-refractivity contribution in [2.24, 2.45) is 0 Å². The number of aryl methyl sites for hydroxylation is 1. The zero-order valence-electron chi connectivity index (χ0n) is 6.89. The van der Waals surface area contributed by atoms with Crippen molar-refractivity contribution in [3.05, 3.63) is 29.8 Å². The van der Waals surface area contributed by atoms with E-state index in [9.17, 15) is 8.42 Å². The fraction of sp³-hybridized carbons (Fsp3) is 0.125. The third-order valence-electron chi connectivity index (χ3n) is 1.46. The second kappa shape index (κ2) is 3.46. The van der Waals surface area contributed by atoms with Crippen LogP contribution < -0.4 is 0 Å². The van der Waals surface area contributed by atoms with E-state index in [1.165, 1.54) is 12.1 Å². The van der Waals surface area contributed by atoms with Crippen LogP contribution in [0.15, 0.2) is 29.2 Å². The highest BCUT2D eigenvalue weighted by Crippen LogP contribution is 2.12. The normalized spacial score (nSPS) is 10.5. The highest BCUT2D eigenvalue weighted by atomic mass is 32.2. The summed E-state index contributed by atoms with van der Waals surface area (Å²) in [5.41, 5.74) is 0.941. The molecule has 0 aromatic heterocycles. The van der Waals surface area contributed by atoms with Crippen LogP contribution in [0.1, 0.15) is 5.56 Å². The summed E-state index contributed by atoms with van der Waals surface area (Å²) in [7, 11) is -3.89. The Morgan fingerprint density at radius 1 is 1.31 bits per heavy atom. The first kappa shape index (κ1) is 9.55. The van der Waals surface area contributed by atoms with E-state index in [1.807, 2.05) is 6.92 Å². The quantitative estimate of drug-likeness (QED) is 0.527. The Balaban J connectivity index is 3.11. The van der Waals surface area contributed by atoms with E-state index >= 15 is 0 Å². The van der Waals surface area contributed by atoms with E-state index in [2.05, 4.69) is 4.18 Å². The van der Waals surface area contributed by atoms with E-state index in [-0.39, 0.29) is 4.90 Å². The number of rotatable bonds is 2. The Bertz CT molecular complexity index is 427. The minimum atomic E-state index is -3.89.